The predicted molar refractivity (Wildman–Crippen MR) is 121 cm³/mol. The molecule has 2 aromatic rings. The predicted octanol–water partition coefficient (Wildman–Crippen LogP) is 5.69. The highest BCUT2D eigenvalue weighted by Gasteiger charge is 2.37. The molecule has 28 heavy (non-hydrogen) atoms. The molecule has 1 heterocycles. The topological polar surface area (TPSA) is 38.7 Å². The van der Waals surface area contributed by atoms with Crippen molar-refractivity contribution >= 4 is 22.6 Å². The van der Waals surface area contributed by atoms with Crippen molar-refractivity contribution in [3.05, 3.63) is 56.2 Å². The number of benzene rings is 2. The molecular weight excluding hydrogens is 463 g/mol. The van der Waals surface area contributed by atoms with E-state index in [9.17, 15) is 5.11 Å². The van der Waals surface area contributed by atoms with Crippen LogP contribution in [0.2, 0.25) is 0 Å². The van der Waals surface area contributed by atoms with Gasteiger partial charge >= 0.3 is 0 Å². The van der Waals surface area contributed by atoms with Gasteiger partial charge in [0.2, 0.25) is 0 Å². The molecule has 2 aliphatic rings. The molecule has 1 unspecified atom stereocenters. The minimum absolute atomic E-state index is 0.0589. The van der Waals surface area contributed by atoms with Crippen LogP contribution in [0.4, 0.5) is 0 Å². The second-order valence-corrected chi connectivity index (χ2v) is 10.5. The van der Waals surface area contributed by atoms with Gasteiger partial charge in [-0.3, -0.25) is 0 Å². The van der Waals surface area contributed by atoms with Crippen LogP contribution in [-0.2, 0) is 17.3 Å². The summed E-state index contributed by atoms with van der Waals surface area (Å²) in [4.78, 5) is 0. The Labute approximate surface area is 181 Å². The van der Waals surface area contributed by atoms with E-state index in [1.165, 1.54) is 29.5 Å². The van der Waals surface area contributed by atoms with E-state index < -0.39 is 0 Å². The molecule has 150 valence electrons. The third kappa shape index (κ3) is 3.54. The molecule has 0 bridgehead atoms. The van der Waals surface area contributed by atoms with Crippen molar-refractivity contribution in [3.8, 4) is 11.5 Å². The molecular formula is C24H29IO3. The van der Waals surface area contributed by atoms with Crippen LogP contribution in [-0.4, -0.2) is 18.3 Å². The molecule has 2 aromatic carbocycles. The van der Waals surface area contributed by atoms with Gasteiger partial charge in [-0.25, -0.2) is 0 Å². The van der Waals surface area contributed by atoms with Crippen molar-refractivity contribution in [3.63, 3.8) is 0 Å². The molecule has 3 nitrogen and oxygen atoms in total. The summed E-state index contributed by atoms with van der Waals surface area (Å²) in [6.07, 6.45) is 2.92. The third-order valence-corrected chi connectivity index (χ3v) is 7.27. The second-order valence-electron chi connectivity index (χ2n) is 9.35. The average molecular weight is 492 g/mol. The molecule has 0 radical (unpaired) electrons. The Kier molecular flexibility index (Phi) is 5.15. The normalized spacial score (nSPS) is 20.1. The molecule has 0 amide bonds. The van der Waals surface area contributed by atoms with E-state index in [2.05, 4.69) is 74.6 Å². The van der Waals surface area contributed by atoms with Crippen molar-refractivity contribution in [2.75, 3.05) is 13.2 Å². The van der Waals surface area contributed by atoms with Gasteiger partial charge in [0.25, 0.3) is 0 Å². The smallest absolute Gasteiger partial charge is 0.147 e. The van der Waals surface area contributed by atoms with Gasteiger partial charge in [0, 0.05) is 12.5 Å². The SMILES string of the molecule is CC1(C)CCC(C)(C)c2cc(C(CO)Oc3cc4c(cc3I)CCO4)ccc21. The number of fused-ring (bicyclic) bond motifs is 2. The number of aliphatic hydroxyl groups excluding tert-OH is 1. The lowest BCUT2D eigenvalue weighted by molar-refractivity contribution is 0.115. The van der Waals surface area contributed by atoms with Gasteiger partial charge < -0.3 is 14.6 Å². The maximum absolute atomic E-state index is 10.1. The zero-order chi connectivity index (χ0) is 20.1. The summed E-state index contributed by atoms with van der Waals surface area (Å²) in [5, 5.41) is 10.1. The summed E-state index contributed by atoms with van der Waals surface area (Å²) in [7, 11) is 0. The lowest BCUT2D eigenvalue weighted by atomic mass is 9.63. The largest absolute Gasteiger partial charge is 0.493 e. The van der Waals surface area contributed by atoms with E-state index in [1.54, 1.807) is 0 Å². The molecule has 1 aliphatic carbocycles. The van der Waals surface area contributed by atoms with Gasteiger partial charge in [-0.2, -0.15) is 0 Å². The number of halogens is 1. The van der Waals surface area contributed by atoms with Crippen LogP contribution in [0.15, 0.2) is 30.3 Å². The number of hydrogen-bond donors (Lipinski definition) is 1. The summed E-state index contributed by atoms with van der Waals surface area (Å²) in [6, 6.07) is 10.7. The zero-order valence-electron chi connectivity index (χ0n) is 17.1. The summed E-state index contributed by atoms with van der Waals surface area (Å²) >= 11 is 2.31. The maximum Gasteiger partial charge on any atom is 0.147 e. The van der Waals surface area contributed by atoms with Crippen LogP contribution < -0.4 is 9.47 Å². The van der Waals surface area contributed by atoms with Gasteiger partial charge in [0.1, 0.15) is 17.6 Å². The van der Waals surface area contributed by atoms with Crippen LogP contribution in [0.1, 0.15) is 68.9 Å². The zero-order valence-corrected chi connectivity index (χ0v) is 19.3. The maximum atomic E-state index is 10.1. The minimum Gasteiger partial charge on any atom is -0.493 e. The van der Waals surface area contributed by atoms with Gasteiger partial charge in [-0.05, 0) is 74.6 Å². The lowest BCUT2D eigenvalue weighted by Gasteiger charge is -2.42. The first-order valence-electron chi connectivity index (χ1n) is 10.1. The Morgan fingerprint density at radius 3 is 2.50 bits per heavy atom. The summed E-state index contributed by atoms with van der Waals surface area (Å²) < 4.78 is 13.0. The van der Waals surface area contributed by atoms with E-state index in [4.69, 9.17) is 9.47 Å². The molecule has 0 saturated carbocycles. The standard InChI is InChI=1S/C24H29IO3/c1-23(2)8-9-24(3,4)18-11-15(5-6-17(18)23)22(14-26)28-21-13-20-16(7-10-27-20)12-19(21)25/h5-6,11-13,22,26H,7-10,14H2,1-4H3. The van der Waals surface area contributed by atoms with Crippen LogP contribution in [0.3, 0.4) is 0 Å². The Morgan fingerprint density at radius 2 is 1.79 bits per heavy atom. The first-order chi connectivity index (χ1) is 13.2. The average Bonchev–Trinajstić information content (AvgIpc) is 3.10. The quantitative estimate of drug-likeness (QED) is 0.558. The van der Waals surface area contributed by atoms with Crippen molar-refractivity contribution in [1.82, 2.24) is 0 Å². The molecule has 0 saturated heterocycles. The van der Waals surface area contributed by atoms with Crippen LogP contribution in [0, 0.1) is 3.57 Å². The second kappa shape index (κ2) is 7.21. The summed E-state index contributed by atoms with van der Waals surface area (Å²) in [5.41, 5.74) is 5.39. The Balaban J connectivity index is 1.68. The molecule has 0 aromatic heterocycles. The fraction of sp³-hybridized carbons (Fsp3) is 0.500. The fourth-order valence-electron chi connectivity index (χ4n) is 4.44. The Morgan fingerprint density at radius 1 is 1.07 bits per heavy atom. The van der Waals surface area contributed by atoms with Crippen molar-refractivity contribution in [2.24, 2.45) is 0 Å². The lowest BCUT2D eigenvalue weighted by Crippen LogP contribution is -2.34. The third-order valence-electron chi connectivity index (χ3n) is 6.43. The van der Waals surface area contributed by atoms with E-state index >= 15 is 0 Å². The summed E-state index contributed by atoms with van der Waals surface area (Å²) in [5.74, 6) is 1.68. The van der Waals surface area contributed by atoms with Gasteiger partial charge in [-0.15, -0.1) is 0 Å². The van der Waals surface area contributed by atoms with E-state index in [1.807, 2.05) is 6.07 Å². The van der Waals surface area contributed by atoms with E-state index in [0.717, 1.165) is 33.7 Å². The van der Waals surface area contributed by atoms with Crippen molar-refractivity contribution < 1.29 is 14.6 Å². The van der Waals surface area contributed by atoms with Crippen molar-refractivity contribution in [2.45, 2.75) is 63.9 Å². The first kappa shape index (κ1) is 20.0. The molecule has 1 N–H and O–H groups in total. The summed E-state index contributed by atoms with van der Waals surface area (Å²) in [6.45, 7) is 9.97. The number of ether oxygens (including phenoxy) is 2. The Bertz CT molecular complexity index is 901. The Hall–Kier alpha value is -1.27. The van der Waals surface area contributed by atoms with Crippen molar-refractivity contribution in [1.29, 1.82) is 0 Å². The molecule has 1 aliphatic heterocycles. The monoisotopic (exact) mass is 492 g/mol. The first-order valence-corrected chi connectivity index (χ1v) is 11.2. The van der Waals surface area contributed by atoms with Gasteiger partial charge in [-0.1, -0.05) is 45.9 Å². The van der Waals surface area contributed by atoms with Gasteiger partial charge in [0.05, 0.1) is 16.8 Å². The molecule has 1 atom stereocenters. The highest BCUT2D eigenvalue weighted by molar-refractivity contribution is 14.1. The number of rotatable bonds is 4. The van der Waals surface area contributed by atoms with Gasteiger partial charge in [0.15, 0.2) is 0 Å². The molecule has 4 heteroatoms. The van der Waals surface area contributed by atoms with E-state index in [0.29, 0.717) is 0 Å². The van der Waals surface area contributed by atoms with Crippen LogP contribution in [0.25, 0.3) is 0 Å². The molecule has 0 spiro atoms. The molecule has 0 fully saturated rings. The number of hydrogen-bond acceptors (Lipinski definition) is 3. The van der Waals surface area contributed by atoms with Crippen LogP contribution in [0.5, 0.6) is 11.5 Å². The molecule has 4 rings (SSSR count). The highest BCUT2D eigenvalue weighted by Crippen LogP contribution is 2.46. The van der Waals surface area contributed by atoms with E-state index in [-0.39, 0.29) is 23.5 Å². The minimum atomic E-state index is -0.390. The number of aliphatic hydroxyl groups is 1. The fourth-order valence-corrected chi connectivity index (χ4v) is 5.10. The highest BCUT2D eigenvalue weighted by atomic mass is 127. The van der Waals surface area contributed by atoms with Crippen LogP contribution >= 0.6 is 22.6 Å².